The Morgan fingerprint density at radius 3 is 2.69 bits per heavy atom. The second-order valence-electron chi connectivity index (χ2n) is 4.19. The summed E-state index contributed by atoms with van der Waals surface area (Å²) in [7, 11) is 0. The number of ether oxygens (including phenoxy) is 2. The predicted octanol–water partition coefficient (Wildman–Crippen LogP) is 1.94. The second-order valence-corrected chi connectivity index (χ2v) is 4.19. The van der Waals surface area contributed by atoms with Crippen LogP contribution in [0.15, 0.2) is 0 Å². The van der Waals surface area contributed by atoms with Crippen LogP contribution in [0.4, 0.5) is 8.78 Å². The Balaban J connectivity index is 1.79. The highest BCUT2D eigenvalue weighted by molar-refractivity contribution is 5.03. The molecule has 0 N–H and O–H groups in total. The molecule has 0 radical (unpaired) electrons. The smallest absolute Gasteiger partial charge is 0.363 e. The molecule has 3 fully saturated rings. The maximum absolute atomic E-state index is 12.8. The first-order chi connectivity index (χ1) is 6.18. The minimum atomic E-state index is -3.01. The topological polar surface area (TPSA) is 18.5 Å². The molecular formula is C9H12F2O2. The van der Waals surface area contributed by atoms with Crippen molar-refractivity contribution >= 4 is 0 Å². The molecule has 0 aromatic rings. The maximum Gasteiger partial charge on any atom is 0.384 e. The van der Waals surface area contributed by atoms with Gasteiger partial charge in [0.25, 0.3) is 0 Å². The van der Waals surface area contributed by atoms with Gasteiger partial charge in [-0.1, -0.05) is 12.8 Å². The van der Waals surface area contributed by atoms with E-state index in [1.165, 1.54) is 0 Å². The molecule has 74 valence electrons. The van der Waals surface area contributed by atoms with Gasteiger partial charge >= 0.3 is 6.11 Å². The Hall–Kier alpha value is -0.220. The first-order valence-corrected chi connectivity index (χ1v) is 4.89. The van der Waals surface area contributed by atoms with Crippen LogP contribution in [0, 0.1) is 5.92 Å². The Morgan fingerprint density at radius 2 is 1.92 bits per heavy atom. The molecule has 4 heteroatoms. The standard InChI is InChI=1S/C9H12F2O2/c10-9(11)8-7(13-9)5-3-1-2-4-6(5)12-8/h5-8H,1-4H2/t5-,6-,7+,8-/m1/s1. The predicted molar refractivity (Wildman–Crippen MR) is 40.4 cm³/mol. The molecule has 0 unspecified atom stereocenters. The molecule has 0 aromatic carbocycles. The average Bonchev–Trinajstić information content (AvgIpc) is 2.42. The second kappa shape index (κ2) is 2.42. The SMILES string of the molecule is FC1(F)O[C@H]2[C@@H]3CCCC[C@H]3O[C@H]21. The molecule has 0 amide bonds. The van der Waals surface area contributed by atoms with Gasteiger partial charge in [-0.3, -0.25) is 0 Å². The van der Waals surface area contributed by atoms with Gasteiger partial charge in [0.15, 0.2) is 6.10 Å². The lowest BCUT2D eigenvalue weighted by Crippen LogP contribution is -2.58. The summed E-state index contributed by atoms with van der Waals surface area (Å²) in [5, 5.41) is 0. The largest absolute Gasteiger partial charge is 0.384 e. The lowest BCUT2D eigenvalue weighted by atomic mass is 9.82. The summed E-state index contributed by atoms with van der Waals surface area (Å²) in [6.07, 6.45) is -0.0892. The van der Waals surface area contributed by atoms with E-state index in [0.717, 1.165) is 25.7 Å². The molecule has 3 aliphatic rings. The summed E-state index contributed by atoms with van der Waals surface area (Å²) in [6, 6.07) is 0. The fourth-order valence-corrected chi connectivity index (χ4v) is 2.76. The molecule has 0 aromatic heterocycles. The number of alkyl halides is 2. The van der Waals surface area contributed by atoms with Gasteiger partial charge < -0.3 is 9.47 Å². The third-order valence-electron chi connectivity index (χ3n) is 3.42. The van der Waals surface area contributed by atoms with Crippen LogP contribution in [0.5, 0.6) is 0 Å². The number of halogens is 2. The van der Waals surface area contributed by atoms with Crippen molar-refractivity contribution in [2.45, 2.75) is 50.1 Å². The zero-order valence-corrected chi connectivity index (χ0v) is 7.21. The van der Waals surface area contributed by atoms with Crippen LogP contribution in [0.2, 0.25) is 0 Å². The van der Waals surface area contributed by atoms with E-state index in [9.17, 15) is 8.78 Å². The molecule has 4 atom stereocenters. The molecule has 2 heterocycles. The van der Waals surface area contributed by atoms with Crippen LogP contribution in [-0.2, 0) is 9.47 Å². The minimum Gasteiger partial charge on any atom is -0.363 e. The minimum absolute atomic E-state index is 0.0390. The number of hydrogen-bond acceptors (Lipinski definition) is 2. The molecule has 2 saturated heterocycles. The Bertz CT molecular complexity index is 230. The van der Waals surface area contributed by atoms with Crippen molar-refractivity contribution in [1.82, 2.24) is 0 Å². The third-order valence-corrected chi connectivity index (χ3v) is 3.42. The van der Waals surface area contributed by atoms with Gasteiger partial charge in [0, 0.05) is 5.92 Å². The highest BCUT2D eigenvalue weighted by Crippen LogP contribution is 2.52. The zero-order chi connectivity index (χ0) is 9.05. The van der Waals surface area contributed by atoms with Crippen LogP contribution in [0.25, 0.3) is 0 Å². The van der Waals surface area contributed by atoms with Gasteiger partial charge in [-0.2, -0.15) is 8.78 Å². The van der Waals surface area contributed by atoms with Gasteiger partial charge in [0.2, 0.25) is 0 Å². The van der Waals surface area contributed by atoms with E-state index < -0.39 is 12.2 Å². The van der Waals surface area contributed by atoms with E-state index in [-0.39, 0.29) is 18.1 Å². The van der Waals surface area contributed by atoms with E-state index in [2.05, 4.69) is 4.74 Å². The first-order valence-electron chi connectivity index (χ1n) is 4.89. The fourth-order valence-electron chi connectivity index (χ4n) is 2.76. The quantitative estimate of drug-likeness (QED) is 0.581. The highest BCUT2D eigenvalue weighted by atomic mass is 19.3. The van der Waals surface area contributed by atoms with Crippen molar-refractivity contribution in [2.75, 3.05) is 0 Å². The summed E-state index contributed by atoms with van der Waals surface area (Å²) in [5.41, 5.74) is 0. The lowest BCUT2D eigenvalue weighted by Gasteiger charge is -2.40. The van der Waals surface area contributed by atoms with Gasteiger partial charge in [0.05, 0.1) is 6.10 Å². The third kappa shape index (κ3) is 0.987. The summed E-state index contributed by atoms with van der Waals surface area (Å²) in [4.78, 5) is 0. The van der Waals surface area contributed by atoms with Crippen LogP contribution in [-0.4, -0.2) is 24.4 Å². The molecule has 2 nitrogen and oxygen atoms in total. The monoisotopic (exact) mass is 190 g/mol. The molecule has 1 saturated carbocycles. The van der Waals surface area contributed by atoms with Gasteiger partial charge in [0.1, 0.15) is 6.10 Å². The van der Waals surface area contributed by atoms with Crippen molar-refractivity contribution in [2.24, 2.45) is 5.92 Å². The highest BCUT2D eigenvalue weighted by Gasteiger charge is 2.67. The van der Waals surface area contributed by atoms with Crippen molar-refractivity contribution in [3.8, 4) is 0 Å². The number of rotatable bonds is 0. The Labute approximate surface area is 75.2 Å². The molecule has 1 aliphatic carbocycles. The van der Waals surface area contributed by atoms with Gasteiger partial charge in [-0.25, -0.2) is 0 Å². The van der Waals surface area contributed by atoms with Gasteiger partial charge in [-0.05, 0) is 12.8 Å². The average molecular weight is 190 g/mol. The van der Waals surface area contributed by atoms with Crippen molar-refractivity contribution in [3.05, 3.63) is 0 Å². The molecule has 0 spiro atoms. The van der Waals surface area contributed by atoms with E-state index in [4.69, 9.17) is 4.74 Å². The van der Waals surface area contributed by atoms with E-state index in [0.29, 0.717) is 0 Å². The van der Waals surface area contributed by atoms with Crippen molar-refractivity contribution in [1.29, 1.82) is 0 Å². The molecular weight excluding hydrogens is 178 g/mol. The summed E-state index contributed by atoms with van der Waals surface area (Å²) in [6.45, 7) is 0. The van der Waals surface area contributed by atoms with Crippen LogP contribution in [0.1, 0.15) is 25.7 Å². The molecule has 3 rings (SSSR count). The molecule has 13 heavy (non-hydrogen) atoms. The number of hydrogen-bond donors (Lipinski definition) is 0. The van der Waals surface area contributed by atoms with Crippen LogP contribution in [0.3, 0.4) is 0 Å². The van der Waals surface area contributed by atoms with Crippen molar-refractivity contribution in [3.63, 3.8) is 0 Å². The lowest BCUT2D eigenvalue weighted by molar-refractivity contribution is -0.401. The van der Waals surface area contributed by atoms with Crippen LogP contribution < -0.4 is 0 Å². The summed E-state index contributed by atoms with van der Waals surface area (Å²) < 4.78 is 35.4. The molecule has 2 aliphatic heterocycles. The molecule has 0 bridgehead atoms. The van der Waals surface area contributed by atoms with Crippen molar-refractivity contribution < 1.29 is 18.3 Å². The Morgan fingerprint density at radius 1 is 1.15 bits per heavy atom. The Kier molecular flexibility index (Phi) is 1.51. The maximum atomic E-state index is 12.8. The van der Waals surface area contributed by atoms with Crippen LogP contribution >= 0.6 is 0 Å². The zero-order valence-electron chi connectivity index (χ0n) is 7.21. The van der Waals surface area contributed by atoms with E-state index in [1.54, 1.807) is 0 Å². The number of fused-ring (bicyclic) bond motifs is 3. The fraction of sp³-hybridized carbons (Fsp3) is 1.00. The summed E-state index contributed by atoms with van der Waals surface area (Å²) in [5.74, 6) is 0.235. The normalized spacial score (nSPS) is 52.2. The first kappa shape index (κ1) is 8.12. The van der Waals surface area contributed by atoms with E-state index >= 15 is 0 Å². The van der Waals surface area contributed by atoms with E-state index in [1.807, 2.05) is 0 Å². The van der Waals surface area contributed by atoms with Gasteiger partial charge in [-0.15, -0.1) is 0 Å². The summed E-state index contributed by atoms with van der Waals surface area (Å²) >= 11 is 0.